The molecule has 3 aliphatic rings. The minimum absolute atomic E-state index is 0.0206. The summed E-state index contributed by atoms with van der Waals surface area (Å²) in [6.45, 7) is 19.2. The number of Topliss-reactive ketones (excluding diaryl/α,β-unsaturated/α-hetero) is 2. The highest BCUT2D eigenvalue weighted by Crippen LogP contribution is 2.39. The van der Waals surface area contributed by atoms with E-state index in [-0.39, 0.29) is 35.7 Å². The zero-order valence-corrected chi connectivity index (χ0v) is 30.0. The van der Waals surface area contributed by atoms with Gasteiger partial charge in [-0.2, -0.15) is 0 Å². The van der Waals surface area contributed by atoms with E-state index >= 15 is 0 Å². The van der Waals surface area contributed by atoms with Crippen LogP contribution in [-0.4, -0.2) is 128 Å². The number of ketones is 2. The van der Waals surface area contributed by atoms with Crippen LogP contribution < -0.4 is 0 Å². The van der Waals surface area contributed by atoms with E-state index in [2.05, 4.69) is 37.6 Å². The summed E-state index contributed by atoms with van der Waals surface area (Å²) in [5.41, 5.74) is -2.04. The average molecular weight is 624 g/mol. The highest BCUT2D eigenvalue weighted by Gasteiger charge is 2.51. The smallest absolute Gasteiger partial charge is 0.185 e. The van der Waals surface area contributed by atoms with Gasteiger partial charge < -0.3 is 34.0 Å². The molecule has 0 aromatic carbocycles. The summed E-state index contributed by atoms with van der Waals surface area (Å²) in [5, 5.41) is 11.3. The average Bonchev–Trinajstić information content (AvgIpc) is 2.95. The molecular weight excluding hydrogens is 558 g/mol. The van der Waals surface area contributed by atoms with E-state index in [1.54, 1.807) is 21.0 Å². The molecule has 3 heterocycles. The summed E-state index contributed by atoms with van der Waals surface area (Å²) >= 11 is 0. The molecule has 44 heavy (non-hydrogen) atoms. The van der Waals surface area contributed by atoms with Crippen molar-refractivity contribution < 1.29 is 28.9 Å². The number of hydrogen-bond donors (Lipinski definition) is 1. The zero-order chi connectivity index (χ0) is 33.1. The van der Waals surface area contributed by atoms with Crippen molar-refractivity contribution in [3.8, 4) is 0 Å². The van der Waals surface area contributed by atoms with Gasteiger partial charge in [0.1, 0.15) is 11.9 Å². The van der Waals surface area contributed by atoms with Crippen molar-refractivity contribution in [2.45, 2.75) is 142 Å². The number of likely N-dealkylation sites (N-methyl/N-ethyl adjacent to an activating group) is 1. The lowest BCUT2D eigenvalue weighted by Gasteiger charge is -2.47. The van der Waals surface area contributed by atoms with Crippen LogP contribution in [0.25, 0.3) is 0 Å². The Balaban J connectivity index is 1.96. The monoisotopic (exact) mass is 623 g/mol. The number of nitrogens with zero attached hydrogens (tertiary/aromatic N) is 3. The Bertz CT molecular complexity index is 951. The van der Waals surface area contributed by atoms with Crippen LogP contribution in [-0.2, 0) is 23.8 Å². The fourth-order valence-corrected chi connectivity index (χ4v) is 8.36. The first-order chi connectivity index (χ1) is 20.4. The van der Waals surface area contributed by atoms with E-state index in [1.165, 1.54) is 0 Å². The number of aliphatic hydroxyl groups excluding tert-OH is 1. The van der Waals surface area contributed by atoms with Gasteiger partial charge in [-0.3, -0.25) is 9.59 Å². The standard InChI is InChI=1S/C35H65N3O6/c1-22(2)38-17-15-26(16-18-38)27-13-14-29(39)34(6,7)31(41)25(5)32(35(8,42-12)20-23(3)21-37(27)11)44-33-30(40)28(36(9)10)19-24(4)43-33/h22-28,30,32-33,40H,13-21H2,1-12H3/t23-,24-,25+,27?,28+,30-,32-,33+,35-/m1/s1. The number of aliphatic hydroxyl groups is 1. The number of likely N-dealkylation sites (tertiary alicyclic amines) is 1. The number of methoxy groups -OCH3 is 1. The van der Waals surface area contributed by atoms with Gasteiger partial charge in [0.05, 0.1) is 23.2 Å². The molecule has 0 spiro atoms. The first kappa shape index (κ1) is 37.5. The van der Waals surface area contributed by atoms with Gasteiger partial charge in [-0.15, -0.1) is 0 Å². The number of carbonyl (C=O) groups excluding carboxylic acids is 2. The van der Waals surface area contributed by atoms with E-state index < -0.39 is 35.4 Å². The highest BCUT2D eigenvalue weighted by molar-refractivity contribution is 6.07. The zero-order valence-electron chi connectivity index (χ0n) is 30.0. The summed E-state index contributed by atoms with van der Waals surface area (Å²) in [6.07, 6.45) is 2.03. The normalized spacial score (nSPS) is 39.7. The van der Waals surface area contributed by atoms with Gasteiger partial charge in [-0.05, 0) is 120 Å². The quantitative estimate of drug-likeness (QED) is 0.436. The molecule has 0 aliphatic carbocycles. The number of rotatable bonds is 6. The van der Waals surface area contributed by atoms with Gasteiger partial charge in [0.2, 0.25) is 0 Å². The van der Waals surface area contributed by atoms with Crippen LogP contribution >= 0.6 is 0 Å². The molecule has 0 aromatic rings. The minimum atomic E-state index is -1.18. The molecule has 256 valence electrons. The molecule has 3 saturated heterocycles. The lowest BCUT2D eigenvalue weighted by atomic mass is 9.71. The summed E-state index contributed by atoms with van der Waals surface area (Å²) in [6, 6.07) is 0.673. The SMILES string of the molecule is CO[C@]1(C)C[C@@H](C)CN(C)C(C2CCN(C(C)C)CC2)CCC(=O)C(C)(C)C(=O)[C@H](C)[C@H]1O[C@@H]1O[C@H](C)C[C@H](N(C)C)[C@H]1O. The van der Waals surface area contributed by atoms with Crippen LogP contribution in [0.1, 0.15) is 93.9 Å². The first-order valence-electron chi connectivity index (χ1n) is 17.1. The lowest BCUT2D eigenvalue weighted by molar-refractivity contribution is -0.295. The van der Waals surface area contributed by atoms with Crippen LogP contribution in [0.3, 0.4) is 0 Å². The fourth-order valence-electron chi connectivity index (χ4n) is 8.36. The maximum absolute atomic E-state index is 14.3. The highest BCUT2D eigenvalue weighted by atomic mass is 16.7. The number of ether oxygens (including phenoxy) is 3. The van der Waals surface area contributed by atoms with Crippen LogP contribution in [0.15, 0.2) is 0 Å². The van der Waals surface area contributed by atoms with E-state index in [1.807, 2.05) is 39.8 Å². The van der Waals surface area contributed by atoms with Crippen molar-refractivity contribution >= 4 is 11.6 Å². The topological polar surface area (TPSA) is 91.8 Å². The third-order valence-corrected chi connectivity index (χ3v) is 11.2. The van der Waals surface area contributed by atoms with Gasteiger partial charge in [0.25, 0.3) is 0 Å². The Morgan fingerprint density at radius 3 is 2.20 bits per heavy atom. The van der Waals surface area contributed by atoms with Gasteiger partial charge in [0, 0.05) is 44.1 Å². The van der Waals surface area contributed by atoms with Gasteiger partial charge in [-0.25, -0.2) is 0 Å². The van der Waals surface area contributed by atoms with Crippen molar-refractivity contribution in [2.24, 2.45) is 23.2 Å². The molecule has 3 aliphatic heterocycles. The molecule has 0 saturated carbocycles. The molecule has 1 unspecified atom stereocenters. The second-order valence-corrected chi connectivity index (χ2v) is 15.7. The molecule has 3 rings (SSSR count). The van der Waals surface area contributed by atoms with Crippen LogP contribution in [0.5, 0.6) is 0 Å². The summed E-state index contributed by atoms with van der Waals surface area (Å²) < 4.78 is 19.1. The van der Waals surface area contributed by atoms with Crippen molar-refractivity contribution in [1.82, 2.24) is 14.7 Å². The second-order valence-electron chi connectivity index (χ2n) is 15.7. The van der Waals surface area contributed by atoms with Crippen LogP contribution in [0.4, 0.5) is 0 Å². The number of piperidine rings is 1. The lowest BCUT2D eigenvalue weighted by Crippen LogP contribution is -2.59. The Hall–Kier alpha value is -0.940. The Labute approximate surface area is 268 Å². The minimum Gasteiger partial charge on any atom is -0.386 e. The molecule has 0 radical (unpaired) electrons. The number of carbonyl (C=O) groups is 2. The molecule has 9 nitrogen and oxygen atoms in total. The van der Waals surface area contributed by atoms with Crippen molar-refractivity contribution in [3.63, 3.8) is 0 Å². The summed E-state index contributed by atoms with van der Waals surface area (Å²) in [4.78, 5) is 35.2. The van der Waals surface area contributed by atoms with E-state index in [9.17, 15) is 14.7 Å². The molecule has 3 fully saturated rings. The first-order valence-corrected chi connectivity index (χ1v) is 17.1. The van der Waals surface area contributed by atoms with Crippen LogP contribution in [0.2, 0.25) is 0 Å². The maximum Gasteiger partial charge on any atom is 0.185 e. The van der Waals surface area contributed by atoms with E-state index in [0.717, 1.165) is 38.9 Å². The fraction of sp³-hybridized carbons (Fsp3) is 0.943. The maximum atomic E-state index is 14.3. The van der Waals surface area contributed by atoms with Gasteiger partial charge in [0.15, 0.2) is 12.1 Å². The molecule has 0 aromatic heterocycles. The number of hydrogen-bond acceptors (Lipinski definition) is 9. The molecule has 9 atom stereocenters. The van der Waals surface area contributed by atoms with Gasteiger partial charge >= 0.3 is 0 Å². The summed E-state index contributed by atoms with van der Waals surface area (Å²) in [5.74, 6) is -0.0919. The predicted molar refractivity (Wildman–Crippen MR) is 175 cm³/mol. The van der Waals surface area contributed by atoms with Crippen LogP contribution in [0, 0.1) is 23.2 Å². The third kappa shape index (κ3) is 8.50. The van der Waals surface area contributed by atoms with E-state index in [4.69, 9.17) is 14.2 Å². The second kappa shape index (κ2) is 15.3. The Kier molecular flexibility index (Phi) is 13.1. The third-order valence-electron chi connectivity index (χ3n) is 11.2. The van der Waals surface area contributed by atoms with E-state index in [0.29, 0.717) is 31.2 Å². The molecule has 0 bridgehead atoms. The molecular formula is C35H65N3O6. The molecule has 1 N–H and O–H groups in total. The molecule has 9 heteroatoms. The Morgan fingerprint density at radius 1 is 1.05 bits per heavy atom. The van der Waals surface area contributed by atoms with Crippen molar-refractivity contribution in [3.05, 3.63) is 0 Å². The van der Waals surface area contributed by atoms with Crippen molar-refractivity contribution in [1.29, 1.82) is 0 Å². The van der Waals surface area contributed by atoms with Gasteiger partial charge in [-0.1, -0.05) is 13.8 Å². The largest absolute Gasteiger partial charge is 0.386 e. The van der Waals surface area contributed by atoms with Crippen molar-refractivity contribution in [2.75, 3.05) is 47.9 Å². The Morgan fingerprint density at radius 2 is 1.66 bits per heavy atom. The predicted octanol–water partition coefficient (Wildman–Crippen LogP) is 4.24. The molecule has 0 amide bonds. The summed E-state index contributed by atoms with van der Waals surface area (Å²) in [7, 11) is 7.76.